The molecular formula is C27H27Br2N3O4. The van der Waals surface area contributed by atoms with E-state index in [2.05, 4.69) is 42.5 Å². The van der Waals surface area contributed by atoms with Crippen molar-refractivity contribution in [2.75, 3.05) is 16.4 Å². The number of ether oxygens (including phenoxy) is 1. The summed E-state index contributed by atoms with van der Waals surface area (Å²) in [5, 5.41) is 16.2. The van der Waals surface area contributed by atoms with Crippen LogP contribution < -0.4 is 16.4 Å². The molecule has 0 aromatic heterocycles. The molecule has 0 spiro atoms. The van der Waals surface area contributed by atoms with Crippen LogP contribution in [0.4, 0.5) is 21.9 Å². The highest BCUT2D eigenvalue weighted by Crippen LogP contribution is 2.40. The third kappa shape index (κ3) is 7.86. The normalized spacial score (nSPS) is 12.6. The van der Waals surface area contributed by atoms with Crippen molar-refractivity contribution >= 4 is 60.9 Å². The molecule has 188 valence electrons. The van der Waals surface area contributed by atoms with Crippen molar-refractivity contribution in [3.8, 4) is 5.75 Å². The molecule has 0 aliphatic carbocycles. The lowest BCUT2D eigenvalue weighted by atomic mass is 9.92. The summed E-state index contributed by atoms with van der Waals surface area (Å²) in [6.45, 7) is 1.92. The molecule has 5 N–H and O–H groups in total. The number of aromatic hydroxyl groups is 1. The van der Waals surface area contributed by atoms with Crippen LogP contribution in [0.3, 0.4) is 0 Å². The number of phenolic OH excluding ortho intramolecular Hbond substituents is 1. The Bertz CT molecular complexity index is 1230. The van der Waals surface area contributed by atoms with E-state index in [1.807, 2.05) is 25.1 Å². The van der Waals surface area contributed by atoms with Crippen LogP contribution in [0.25, 0.3) is 0 Å². The van der Waals surface area contributed by atoms with Crippen LogP contribution in [-0.4, -0.2) is 17.1 Å². The molecule has 0 radical (unpaired) electrons. The van der Waals surface area contributed by atoms with Gasteiger partial charge in [0.25, 0.3) is 0 Å². The Labute approximate surface area is 227 Å². The molecule has 7 nitrogen and oxygen atoms in total. The van der Waals surface area contributed by atoms with Gasteiger partial charge in [-0.3, -0.25) is 10.1 Å². The highest BCUT2D eigenvalue weighted by atomic mass is 79.9. The second-order valence-corrected chi connectivity index (χ2v) is 9.95. The van der Waals surface area contributed by atoms with Crippen molar-refractivity contribution in [3.63, 3.8) is 0 Å². The Morgan fingerprint density at radius 2 is 1.75 bits per heavy atom. The first-order valence-corrected chi connectivity index (χ1v) is 12.9. The molecular weight excluding hydrogens is 590 g/mol. The number of benzene rings is 3. The molecule has 0 heterocycles. The van der Waals surface area contributed by atoms with Gasteiger partial charge in [-0.25, -0.2) is 4.79 Å². The van der Waals surface area contributed by atoms with Gasteiger partial charge in [0.2, 0.25) is 5.91 Å². The number of anilines is 3. The fourth-order valence-electron chi connectivity index (χ4n) is 3.56. The zero-order chi connectivity index (χ0) is 26.1. The van der Waals surface area contributed by atoms with Gasteiger partial charge in [0.05, 0.1) is 15.8 Å². The number of rotatable bonds is 9. The standard InChI is InChI=1S/C27H27Br2N3O4/c1-17(9-5-8-14-24(33)32-23-13-7-6-12-22(23)30)26(20-15-18(28)16-21(29)25(20)34)36-27(35)31-19-10-3-2-4-11-19/h2-4,6-8,10-17,26,34H,5,9,30H2,1H3,(H,31,35)(H,32,33)/b14-8+/t17-,26+/m0/s1. The lowest BCUT2D eigenvalue weighted by Gasteiger charge is -2.26. The number of para-hydroxylation sites is 3. The van der Waals surface area contributed by atoms with Gasteiger partial charge in [-0.2, -0.15) is 0 Å². The minimum atomic E-state index is -0.742. The summed E-state index contributed by atoms with van der Waals surface area (Å²) in [6.07, 6.45) is 2.96. The molecule has 0 bridgehead atoms. The smallest absolute Gasteiger partial charge is 0.412 e. The summed E-state index contributed by atoms with van der Waals surface area (Å²) >= 11 is 6.78. The van der Waals surface area contributed by atoms with Gasteiger partial charge < -0.3 is 20.9 Å². The van der Waals surface area contributed by atoms with Gasteiger partial charge in [-0.05, 0) is 77.2 Å². The summed E-state index contributed by atoms with van der Waals surface area (Å²) in [5.74, 6) is -0.474. The van der Waals surface area contributed by atoms with E-state index >= 15 is 0 Å². The molecule has 3 aromatic carbocycles. The minimum Gasteiger partial charge on any atom is -0.506 e. The first-order chi connectivity index (χ1) is 17.2. The third-order valence-electron chi connectivity index (χ3n) is 5.41. The first kappa shape index (κ1) is 27.3. The van der Waals surface area contributed by atoms with Crippen molar-refractivity contribution < 1.29 is 19.4 Å². The molecule has 0 saturated heterocycles. The Morgan fingerprint density at radius 3 is 2.47 bits per heavy atom. The lowest BCUT2D eigenvalue weighted by Crippen LogP contribution is -2.22. The molecule has 3 aromatic rings. The number of allylic oxidation sites excluding steroid dienone is 1. The van der Waals surface area contributed by atoms with Gasteiger partial charge in [0, 0.05) is 15.7 Å². The number of nitrogen functional groups attached to an aromatic ring is 1. The van der Waals surface area contributed by atoms with Crippen LogP contribution in [0.15, 0.2) is 87.8 Å². The largest absolute Gasteiger partial charge is 0.506 e. The predicted molar refractivity (Wildman–Crippen MR) is 150 cm³/mol. The maximum absolute atomic E-state index is 12.7. The molecule has 9 heteroatoms. The maximum atomic E-state index is 12.7. The number of hydrogen-bond acceptors (Lipinski definition) is 5. The van der Waals surface area contributed by atoms with Crippen LogP contribution in [0.1, 0.15) is 31.4 Å². The van der Waals surface area contributed by atoms with Gasteiger partial charge in [0.1, 0.15) is 11.9 Å². The molecule has 0 aliphatic heterocycles. The van der Waals surface area contributed by atoms with E-state index in [0.29, 0.717) is 39.9 Å². The second kappa shape index (κ2) is 13.1. The molecule has 2 amide bonds. The van der Waals surface area contributed by atoms with E-state index in [0.717, 1.165) is 4.47 Å². The van der Waals surface area contributed by atoms with E-state index in [9.17, 15) is 14.7 Å². The number of nitrogens with two attached hydrogens (primary N) is 1. The summed E-state index contributed by atoms with van der Waals surface area (Å²) < 4.78 is 7.00. The van der Waals surface area contributed by atoms with Crippen LogP contribution >= 0.6 is 31.9 Å². The SMILES string of the molecule is C[C@@H](CC/C=C/C(=O)Nc1ccccc1N)[C@@H](OC(=O)Nc1ccccc1)c1cc(Br)cc(Br)c1O. The Kier molecular flexibility index (Phi) is 9.95. The monoisotopic (exact) mass is 615 g/mol. The van der Waals surface area contributed by atoms with E-state index in [-0.39, 0.29) is 17.6 Å². The van der Waals surface area contributed by atoms with Crippen LogP contribution in [-0.2, 0) is 9.53 Å². The Balaban J connectivity index is 1.68. The van der Waals surface area contributed by atoms with E-state index in [4.69, 9.17) is 10.5 Å². The van der Waals surface area contributed by atoms with E-state index < -0.39 is 12.2 Å². The van der Waals surface area contributed by atoms with Gasteiger partial charge in [-0.1, -0.05) is 59.3 Å². The van der Waals surface area contributed by atoms with E-state index in [1.165, 1.54) is 6.08 Å². The summed E-state index contributed by atoms with van der Waals surface area (Å²) in [6, 6.07) is 19.4. The predicted octanol–water partition coefficient (Wildman–Crippen LogP) is 7.40. The van der Waals surface area contributed by atoms with Crippen LogP contribution in [0, 0.1) is 5.92 Å². The number of carbonyl (C=O) groups is 2. The number of carbonyl (C=O) groups excluding carboxylic acids is 2. The number of nitrogens with one attached hydrogen (secondary N) is 2. The van der Waals surface area contributed by atoms with E-state index in [1.54, 1.807) is 54.6 Å². The number of halogens is 2. The number of amides is 2. The topological polar surface area (TPSA) is 114 Å². The zero-order valence-electron chi connectivity index (χ0n) is 19.6. The molecule has 0 unspecified atom stereocenters. The summed E-state index contributed by atoms with van der Waals surface area (Å²) in [5.41, 5.74) is 7.96. The maximum Gasteiger partial charge on any atom is 0.412 e. The molecule has 36 heavy (non-hydrogen) atoms. The van der Waals surface area contributed by atoms with Crippen LogP contribution in [0.5, 0.6) is 5.75 Å². The molecule has 3 rings (SSSR count). The number of phenols is 1. The van der Waals surface area contributed by atoms with Crippen molar-refractivity contribution in [2.45, 2.75) is 25.9 Å². The first-order valence-electron chi connectivity index (χ1n) is 11.3. The minimum absolute atomic E-state index is 0.00192. The lowest BCUT2D eigenvalue weighted by molar-refractivity contribution is -0.111. The van der Waals surface area contributed by atoms with Crippen molar-refractivity contribution in [3.05, 3.63) is 93.4 Å². The zero-order valence-corrected chi connectivity index (χ0v) is 22.8. The third-order valence-corrected chi connectivity index (χ3v) is 6.47. The molecule has 0 fully saturated rings. The van der Waals surface area contributed by atoms with Crippen LogP contribution in [0.2, 0.25) is 0 Å². The average Bonchev–Trinajstić information content (AvgIpc) is 2.84. The Morgan fingerprint density at radius 1 is 1.06 bits per heavy atom. The van der Waals surface area contributed by atoms with Gasteiger partial charge in [0.15, 0.2) is 0 Å². The highest BCUT2D eigenvalue weighted by Gasteiger charge is 2.27. The fourth-order valence-corrected chi connectivity index (χ4v) is 4.82. The molecule has 0 saturated carbocycles. The van der Waals surface area contributed by atoms with Crippen molar-refractivity contribution in [1.82, 2.24) is 0 Å². The number of hydrogen-bond donors (Lipinski definition) is 4. The Hall–Kier alpha value is -3.30. The van der Waals surface area contributed by atoms with Crippen molar-refractivity contribution in [2.24, 2.45) is 5.92 Å². The van der Waals surface area contributed by atoms with Gasteiger partial charge in [-0.15, -0.1) is 0 Å². The summed E-state index contributed by atoms with van der Waals surface area (Å²) in [4.78, 5) is 24.9. The second-order valence-electron chi connectivity index (χ2n) is 8.18. The highest BCUT2D eigenvalue weighted by molar-refractivity contribution is 9.11. The average molecular weight is 617 g/mol. The van der Waals surface area contributed by atoms with Gasteiger partial charge >= 0.3 is 6.09 Å². The quantitative estimate of drug-likeness (QED) is 0.148. The molecule has 0 aliphatic rings. The molecule has 2 atom stereocenters. The summed E-state index contributed by atoms with van der Waals surface area (Å²) in [7, 11) is 0. The van der Waals surface area contributed by atoms with Crippen molar-refractivity contribution in [1.29, 1.82) is 0 Å². The fraction of sp³-hybridized carbons (Fsp3) is 0.185.